The van der Waals surface area contributed by atoms with Crippen LogP contribution >= 0.6 is 23.4 Å². The van der Waals surface area contributed by atoms with E-state index in [9.17, 15) is 10.1 Å². The molecule has 3 aromatic rings. The summed E-state index contributed by atoms with van der Waals surface area (Å²) in [7, 11) is 0. The highest BCUT2D eigenvalue weighted by molar-refractivity contribution is 8.00. The second-order valence-corrected chi connectivity index (χ2v) is 10.1. The van der Waals surface area contributed by atoms with Crippen molar-refractivity contribution < 1.29 is 4.79 Å². The molecule has 1 atom stereocenters. The summed E-state index contributed by atoms with van der Waals surface area (Å²) in [6, 6.07) is 18.3. The topological polar surface area (TPSA) is 57.0 Å². The van der Waals surface area contributed by atoms with Gasteiger partial charge < -0.3 is 4.90 Å². The molecule has 6 heteroatoms. The minimum atomic E-state index is 0.0499. The molecule has 0 spiro atoms. The number of amides is 1. The molecule has 0 saturated heterocycles. The van der Waals surface area contributed by atoms with Crippen molar-refractivity contribution in [3.63, 3.8) is 0 Å². The SMILES string of the molecule is CC1Cc2ccccc2N1C(=O)CSc1nc2c(c(-c3ccc(Cl)cc3)c1C#N)CCCC2. The van der Waals surface area contributed by atoms with Gasteiger partial charge in [0.1, 0.15) is 11.1 Å². The molecule has 1 unspecified atom stereocenters. The molecule has 1 aliphatic carbocycles. The summed E-state index contributed by atoms with van der Waals surface area (Å²) in [6.07, 6.45) is 4.88. The molecule has 0 fully saturated rings. The van der Waals surface area contributed by atoms with Crippen molar-refractivity contribution in [3.8, 4) is 17.2 Å². The van der Waals surface area contributed by atoms with Gasteiger partial charge in [0.25, 0.3) is 0 Å². The Bertz CT molecular complexity index is 1270. The molecule has 2 aromatic carbocycles. The standard InChI is InChI=1S/C27H24ClN3OS/c1-17-14-19-6-2-5-9-24(19)31(17)25(32)16-33-27-22(15-29)26(18-10-12-20(28)13-11-18)21-7-3-4-8-23(21)30-27/h2,5-6,9-13,17H,3-4,7-8,14,16H2,1H3. The Morgan fingerprint density at radius 3 is 2.73 bits per heavy atom. The molecule has 0 radical (unpaired) electrons. The third-order valence-corrected chi connectivity index (χ3v) is 7.71. The Balaban J connectivity index is 1.49. The summed E-state index contributed by atoms with van der Waals surface area (Å²) in [5.74, 6) is 0.299. The van der Waals surface area contributed by atoms with E-state index in [0.29, 0.717) is 15.6 Å². The molecule has 0 bridgehead atoms. The average Bonchev–Trinajstić information content (AvgIpc) is 3.17. The number of hydrogen-bond acceptors (Lipinski definition) is 4. The molecule has 5 rings (SSSR count). The van der Waals surface area contributed by atoms with Crippen LogP contribution in [0.2, 0.25) is 5.02 Å². The van der Waals surface area contributed by atoms with E-state index in [1.165, 1.54) is 17.3 Å². The number of carbonyl (C=O) groups excluding carboxylic acids is 1. The molecule has 2 heterocycles. The van der Waals surface area contributed by atoms with Crippen LogP contribution in [0.25, 0.3) is 11.1 Å². The van der Waals surface area contributed by atoms with Crippen LogP contribution < -0.4 is 4.90 Å². The predicted molar refractivity (Wildman–Crippen MR) is 134 cm³/mol. The fraction of sp³-hybridized carbons (Fsp3) is 0.296. The molecule has 1 amide bonds. The molecule has 0 saturated carbocycles. The minimum absolute atomic E-state index is 0.0499. The number of para-hydroxylation sites is 1. The number of fused-ring (bicyclic) bond motifs is 2. The van der Waals surface area contributed by atoms with Crippen molar-refractivity contribution in [2.75, 3.05) is 10.7 Å². The number of aromatic nitrogens is 1. The first kappa shape index (κ1) is 22.0. The molecule has 2 aliphatic rings. The number of anilines is 1. The molecule has 166 valence electrons. The maximum atomic E-state index is 13.3. The summed E-state index contributed by atoms with van der Waals surface area (Å²) in [4.78, 5) is 20.0. The van der Waals surface area contributed by atoms with Crippen LogP contribution in [-0.2, 0) is 24.1 Å². The van der Waals surface area contributed by atoms with E-state index in [-0.39, 0.29) is 17.7 Å². The van der Waals surface area contributed by atoms with Crippen LogP contribution in [0.4, 0.5) is 5.69 Å². The van der Waals surface area contributed by atoms with Crippen LogP contribution in [0.5, 0.6) is 0 Å². The van der Waals surface area contributed by atoms with Crippen molar-refractivity contribution in [3.05, 3.63) is 75.9 Å². The van der Waals surface area contributed by atoms with Crippen molar-refractivity contribution >= 4 is 35.0 Å². The quantitative estimate of drug-likeness (QED) is 0.422. The number of thioether (sulfide) groups is 1. The second-order valence-electron chi connectivity index (χ2n) is 8.65. The zero-order chi connectivity index (χ0) is 22.9. The van der Waals surface area contributed by atoms with Gasteiger partial charge in [0.15, 0.2) is 0 Å². The number of pyridine rings is 1. The normalized spacial score (nSPS) is 16.8. The van der Waals surface area contributed by atoms with E-state index in [1.54, 1.807) is 0 Å². The molecule has 4 nitrogen and oxygen atoms in total. The van der Waals surface area contributed by atoms with E-state index in [1.807, 2.05) is 47.4 Å². The van der Waals surface area contributed by atoms with Gasteiger partial charge in [-0.05, 0) is 73.9 Å². The molecular weight excluding hydrogens is 450 g/mol. The second kappa shape index (κ2) is 9.21. The van der Waals surface area contributed by atoms with Crippen LogP contribution in [0.3, 0.4) is 0 Å². The number of rotatable bonds is 4. The number of carbonyl (C=O) groups is 1. The number of nitrogens with zero attached hydrogens (tertiary/aromatic N) is 3. The molecule has 0 N–H and O–H groups in total. The third kappa shape index (κ3) is 4.14. The Kier molecular flexibility index (Phi) is 6.14. The number of benzene rings is 2. The van der Waals surface area contributed by atoms with Crippen molar-refractivity contribution in [2.45, 2.75) is 50.1 Å². The Labute approximate surface area is 203 Å². The lowest BCUT2D eigenvalue weighted by Gasteiger charge is -2.24. The van der Waals surface area contributed by atoms with E-state index >= 15 is 0 Å². The highest BCUT2D eigenvalue weighted by Crippen LogP contribution is 2.39. The smallest absolute Gasteiger partial charge is 0.237 e. The van der Waals surface area contributed by atoms with Gasteiger partial charge in [-0.3, -0.25) is 4.79 Å². The van der Waals surface area contributed by atoms with Crippen LogP contribution in [-0.4, -0.2) is 22.7 Å². The van der Waals surface area contributed by atoms with Crippen LogP contribution in [0.1, 0.15) is 42.1 Å². The van der Waals surface area contributed by atoms with Gasteiger partial charge in [0.05, 0.1) is 11.3 Å². The summed E-state index contributed by atoms with van der Waals surface area (Å²) in [5, 5.41) is 11.5. The number of halogens is 1. The summed E-state index contributed by atoms with van der Waals surface area (Å²) in [6.45, 7) is 2.08. The summed E-state index contributed by atoms with van der Waals surface area (Å²) < 4.78 is 0. The first-order chi connectivity index (χ1) is 16.1. The lowest BCUT2D eigenvalue weighted by Crippen LogP contribution is -2.37. The summed E-state index contributed by atoms with van der Waals surface area (Å²) >= 11 is 7.50. The summed E-state index contributed by atoms with van der Waals surface area (Å²) in [5.41, 5.74) is 6.92. The molecule has 1 aromatic heterocycles. The highest BCUT2D eigenvalue weighted by Gasteiger charge is 2.31. The van der Waals surface area contributed by atoms with E-state index in [2.05, 4.69) is 19.1 Å². The maximum absolute atomic E-state index is 13.3. The van der Waals surface area contributed by atoms with Gasteiger partial charge in [-0.25, -0.2) is 4.98 Å². The van der Waals surface area contributed by atoms with Crippen molar-refractivity contribution in [1.29, 1.82) is 5.26 Å². The third-order valence-electron chi connectivity index (χ3n) is 6.49. The van der Waals surface area contributed by atoms with Gasteiger partial charge in [-0.15, -0.1) is 0 Å². The first-order valence-electron chi connectivity index (χ1n) is 11.3. The Hall–Kier alpha value is -2.81. The molecule has 1 aliphatic heterocycles. The largest absolute Gasteiger partial charge is 0.308 e. The Morgan fingerprint density at radius 2 is 1.94 bits per heavy atom. The minimum Gasteiger partial charge on any atom is -0.308 e. The van der Waals surface area contributed by atoms with Crippen molar-refractivity contribution in [2.24, 2.45) is 0 Å². The van der Waals surface area contributed by atoms with Crippen molar-refractivity contribution in [1.82, 2.24) is 4.98 Å². The van der Waals surface area contributed by atoms with Gasteiger partial charge in [-0.1, -0.05) is 53.7 Å². The van der Waals surface area contributed by atoms with Gasteiger partial charge in [-0.2, -0.15) is 5.26 Å². The van der Waals surface area contributed by atoms with Gasteiger partial charge in [0.2, 0.25) is 5.91 Å². The van der Waals surface area contributed by atoms with E-state index in [0.717, 1.165) is 60.2 Å². The average molecular weight is 474 g/mol. The zero-order valence-electron chi connectivity index (χ0n) is 18.5. The Morgan fingerprint density at radius 1 is 1.18 bits per heavy atom. The number of nitriles is 1. The fourth-order valence-electron chi connectivity index (χ4n) is 5.01. The van der Waals surface area contributed by atoms with Gasteiger partial charge >= 0.3 is 0 Å². The fourth-order valence-corrected chi connectivity index (χ4v) is 6.00. The zero-order valence-corrected chi connectivity index (χ0v) is 20.0. The highest BCUT2D eigenvalue weighted by atomic mass is 35.5. The van der Waals surface area contributed by atoms with Crippen LogP contribution in [0, 0.1) is 11.3 Å². The maximum Gasteiger partial charge on any atom is 0.237 e. The molecular formula is C27H24ClN3OS. The van der Waals surface area contributed by atoms with Crippen LogP contribution in [0.15, 0.2) is 53.6 Å². The van der Waals surface area contributed by atoms with E-state index in [4.69, 9.17) is 16.6 Å². The first-order valence-corrected chi connectivity index (χ1v) is 12.7. The van der Waals surface area contributed by atoms with Gasteiger partial charge in [0, 0.05) is 28.0 Å². The lowest BCUT2D eigenvalue weighted by molar-refractivity contribution is -0.116. The number of hydrogen-bond donors (Lipinski definition) is 0. The predicted octanol–water partition coefficient (Wildman–Crippen LogP) is 6.22. The monoisotopic (exact) mass is 473 g/mol. The van der Waals surface area contributed by atoms with E-state index < -0.39 is 0 Å². The molecule has 33 heavy (non-hydrogen) atoms. The number of aryl methyl sites for hydroxylation is 1. The lowest BCUT2D eigenvalue weighted by atomic mass is 9.87.